The number of hydrogen-bond donors (Lipinski definition) is 3. The molecule has 1 saturated carbocycles. The van der Waals surface area contributed by atoms with Gasteiger partial charge in [-0.2, -0.15) is 0 Å². The van der Waals surface area contributed by atoms with E-state index in [-0.39, 0.29) is 29.6 Å². The highest BCUT2D eigenvalue weighted by Crippen LogP contribution is 2.39. The van der Waals surface area contributed by atoms with Gasteiger partial charge in [-0.1, -0.05) is 18.2 Å². The van der Waals surface area contributed by atoms with Crippen LogP contribution in [0.2, 0.25) is 0 Å². The molecule has 0 aliphatic heterocycles. The van der Waals surface area contributed by atoms with Crippen molar-refractivity contribution in [3.8, 4) is 5.75 Å². The van der Waals surface area contributed by atoms with Crippen LogP contribution in [-0.2, 0) is 20.9 Å². The molecule has 0 bridgehead atoms. The first kappa shape index (κ1) is 19.4. The number of ether oxygens (including phenoxy) is 1. The number of carbonyl (C=O) groups is 3. The third-order valence-corrected chi connectivity index (χ3v) is 4.54. The number of rotatable bonds is 7. The van der Waals surface area contributed by atoms with Crippen LogP contribution < -0.4 is 20.7 Å². The Balaban J connectivity index is 1.48. The number of nitrogens with one attached hydrogen (secondary N) is 3. The fraction of sp³-hybridized carbons (Fsp3) is 0.286. The SMILES string of the molecule is COc1ccc(CNC(=O)C2CC2C(=O)Nc2cccc(NC(C)=O)c2)cc1. The lowest BCUT2D eigenvalue weighted by Crippen LogP contribution is -2.27. The molecule has 0 saturated heterocycles. The molecule has 0 aromatic heterocycles. The van der Waals surface area contributed by atoms with Crippen molar-refractivity contribution < 1.29 is 19.1 Å². The molecular formula is C21H23N3O4. The van der Waals surface area contributed by atoms with Crippen LogP contribution in [0.1, 0.15) is 18.9 Å². The molecule has 0 radical (unpaired) electrons. The van der Waals surface area contributed by atoms with E-state index in [0.29, 0.717) is 24.3 Å². The van der Waals surface area contributed by atoms with Crippen molar-refractivity contribution in [3.05, 3.63) is 54.1 Å². The van der Waals surface area contributed by atoms with Crippen molar-refractivity contribution in [3.63, 3.8) is 0 Å². The van der Waals surface area contributed by atoms with Gasteiger partial charge >= 0.3 is 0 Å². The minimum absolute atomic E-state index is 0.122. The fourth-order valence-corrected chi connectivity index (χ4v) is 2.95. The molecule has 3 N–H and O–H groups in total. The second-order valence-corrected chi connectivity index (χ2v) is 6.77. The summed E-state index contributed by atoms with van der Waals surface area (Å²) < 4.78 is 5.11. The van der Waals surface area contributed by atoms with Crippen molar-refractivity contribution in [1.29, 1.82) is 0 Å². The van der Waals surface area contributed by atoms with E-state index in [0.717, 1.165) is 11.3 Å². The maximum absolute atomic E-state index is 12.4. The van der Waals surface area contributed by atoms with Gasteiger partial charge in [-0.05, 0) is 42.3 Å². The smallest absolute Gasteiger partial charge is 0.228 e. The molecule has 146 valence electrons. The lowest BCUT2D eigenvalue weighted by molar-refractivity contribution is -0.125. The van der Waals surface area contributed by atoms with Gasteiger partial charge in [0.05, 0.1) is 18.9 Å². The molecule has 2 aromatic carbocycles. The molecule has 28 heavy (non-hydrogen) atoms. The van der Waals surface area contributed by atoms with E-state index in [1.807, 2.05) is 24.3 Å². The molecule has 0 heterocycles. The number of carbonyl (C=O) groups excluding carboxylic acids is 3. The molecule has 1 aliphatic rings. The van der Waals surface area contributed by atoms with Crippen LogP contribution in [0.5, 0.6) is 5.75 Å². The zero-order chi connectivity index (χ0) is 20.1. The van der Waals surface area contributed by atoms with Gasteiger partial charge < -0.3 is 20.7 Å². The third kappa shape index (κ3) is 5.09. The summed E-state index contributed by atoms with van der Waals surface area (Å²) in [6.07, 6.45) is 0.533. The first-order valence-electron chi connectivity index (χ1n) is 9.05. The number of benzene rings is 2. The summed E-state index contributed by atoms with van der Waals surface area (Å²) in [7, 11) is 1.60. The molecule has 7 nitrogen and oxygen atoms in total. The Morgan fingerprint density at radius 2 is 1.61 bits per heavy atom. The average Bonchev–Trinajstić information content (AvgIpc) is 3.47. The lowest BCUT2D eigenvalue weighted by Gasteiger charge is -2.08. The van der Waals surface area contributed by atoms with Gasteiger partial charge in [-0.15, -0.1) is 0 Å². The fourth-order valence-electron chi connectivity index (χ4n) is 2.95. The number of hydrogen-bond acceptors (Lipinski definition) is 4. The van der Waals surface area contributed by atoms with Crippen LogP contribution >= 0.6 is 0 Å². The minimum atomic E-state index is -0.333. The summed E-state index contributed by atoms with van der Waals surface area (Å²) in [5.41, 5.74) is 2.15. The monoisotopic (exact) mass is 381 g/mol. The van der Waals surface area contributed by atoms with Gasteiger partial charge in [0, 0.05) is 24.8 Å². The molecule has 0 spiro atoms. The van der Waals surface area contributed by atoms with Crippen molar-refractivity contribution in [1.82, 2.24) is 5.32 Å². The predicted octanol–water partition coefficient (Wildman–Crippen LogP) is 2.54. The lowest BCUT2D eigenvalue weighted by atomic mass is 10.2. The Kier molecular flexibility index (Phi) is 5.93. The van der Waals surface area contributed by atoms with Crippen molar-refractivity contribution in [2.75, 3.05) is 17.7 Å². The highest BCUT2D eigenvalue weighted by Gasteiger charge is 2.47. The molecule has 3 amide bonds. The molecule has 2 unspecified atom stereocenters. The number of methoxy groups -OCH3 is 1. The van der Waals surface area contributed by atoms with Gasteiger partial charge in [-0.3, -0.25) is 14.4 Å². The number of anilines is 2. The number of amides is 3. The molecule has 7 heteroatoms. The van der Waals surface area contributed by atoms with Gasteiger partial charge in [0.1, 0.15) is 5.75 Å². The van der Waals surface area contributed by atoms with Crippen LogP contribution in [0.25, 0.3) is 0 Å². The molecule has 1 aliphatic carbocycles. The minimum Gasteiger partial charge on any atom is -0.497 e. The Bertz CT molecular complexity index is 879. The standard InChI is InChI=1S/C21H23N3O4/c1-13(25)23-15-4-3-5-16(10-15)24-21(27)19-11-18(19)20(26)22-12-14-6-8-17(28-2)9-7-14/h3-10,18-19H,11-12H2,1-2H3,(H,22,26)(H,23,25)(H,24,27). The average molecular weight is 381 g/mol. The summed E-state index contributed by atoms with van der Waals surface area (Å²) in [5, 5.41) is 8.34. The Morgan fingerprint density at radius 1 is 0.964 bits per heavy atom. The first-order chi connectivity index (χ1) is 13.5. The van der Waals surface area contributed by atoms with E-state index < -0.39 is 0 Å². The topological polar surface area (TPSA) is 96.5 Å². The Morgan fingerprint density at radius 3 is 2.25 bits per heavy atom. The zero-order valence-electron chi connectivity index (χ0n) is 15.8. The van der Waals surface area contributed by atoms with E-state index in [2.05, 4.69) is 16.0 Å². The van der Waals surface area contributed by atoms with E-state index in [1.165, 1.54) is 6.92 Å². The van der Waals surface area contributed by atoms with Crippen LogP contribution in [0, 0.1) is 11.8 Å². The van der Waals surface area contributed by atoms with Crippen LogP contribution in [0.4, 0.5) is 11.4 Å². The first-order valence-corrected chi connectivity index (χ1v) is 9.05. The van der Waals surface area contributed by atoms with Crippen molar-refractivity contribution in [2.45, 2.75) is 19.9 Å². The highest BCUT2D eigenvalue weighted by molar-refractivity contribution is 6.00. The van der Waals surface area contributed by atoms with Crippen LogP contribution in [0.3, 0.4) is 0 Å². The van der Waals surface area contributed by atoms with Gasteiger partial charge in [0.15, 0.2) is 0 Å². The maximum atomic E-state index is 12.4. The van der Waals surface area contributed by atoms with E-state index in [9.17, 15) is 14.4 Å². The second kappa shape index (κ2) is 8.56. The van der Waals surface area contributed by atoms with Crippen LogP contribution in [0.15, 0.2) is 48.5 Å². The highest BCUT2D eigenvalue weighted by atomic mass is 16.5. The molecule has 1 fully saturated rings. The largest absolute Gasteiger partial charge is 0.497 e. The van der Waals surface area contributed by atoms with Crippen LogP contribution in [-0.4, -0.2) is 24.8 Å². The third-order valence-electron chi connectivity index (χ3n) is 4.54. The van der Waals surface area contributed by atoms with E-state index in [1.54, 1.807) is 31.4 Å². The zero-order valence-corrected chi connectivity index (χ0v) is 15.8. The molecule has 3 rings (SSSR count). The van der Waals surface area contributed by atoms with Gasteiger partial charge in [0.2, 0.25) is 17.7 Å². The maximum Gasteiger partial charge on any atom is 0.228 e. The van der Waals surface area contributed by atoms with Gasteiger partial charge in [-0.25, -0.2) is 0 Å². The van der Waals surface area contributed by atoms with Gasteiger partial charge in [0.25, 0.3) is 0 Å². The van der Waals surface area contributed by atoms with Crippen molar-refractivity contribution >= 4 is 29.1 Å². The summed E-state index contributed by atoms with van der Waals surface area (Å²) >= 11 is 0. The molecular weight excluding hydrogens is 358 g/mol. The normalized spacial score (nSPS) is 17.4. The van der Waals surface area contributed by atoms with E-state index in [4.69, 9.17) is 4.74 Å². The molecule has 2 atom stereocenters. The summed E-state index contributed by atoms with van der Waals surface area (Å²) in [5.74, 6) is -0.375. The summed E-state index contributed by atoms with van der Waals surface area (Å²) in [6.45, 7) is 1.83. The summed E-state index contributed by atoms with van der Waals surface area (Å²) in [4.78, 5) is 35.8. The predicted molar refractivity (Wildman–Crippen MR) is 106 cm³/mol. The van der Waals surface area contributed by atoms with E-state index >= 15 is 0 Å². The second-order valence-electron chi connectivity index (χ2n) is 6.77. The Hall–Kier alpha value is -3.35. The Labute approximate surface area is 163 Å². The summed E-state index contributed by atoms with van der Waals surface area (Å²) in [6, 6.07) is 14.4. The molecule has 2 aromatic rings. The van der Waals surface area contributed by atoms with Crippen molar-refractivity contribution in [2.24, 2.45) is 11.8 Å². The quantitative estimate of drug-likeness (QED) is 0.687.